The van der Waals surface area contributed by atoms with Gasteiger partial charge in [0, 0.05) is 24.7 Å². The molecule has 0 saturated heterocycles. The normalized spacial score (nSPS) is 16.3. The predicted molar refractivity (Wildman–Crippen MR) is 65.3 cm³/mol. The van der Waals surface area contributed by atoms with Gasteiger partial charge in [0.05, 0.1) is 11.1 Å². The van der Waals surface area contributed by atoms with Gasteiger partial charge >= 0.3 is 0 Å². The number of nitro groups is 1. The number of hydrogen-bond acceptors (Lipinski definition) is 4. The van der Waals surface area contributed by atoms with E-state index in [4.69, 9.17) is 5.73 Å². The molecule has 1 fully saturated rings. The molecule has 1 unspecified atom stereocenters. The van der Waals surface area contributed by atoms with Crippen LogP contribution in [0.1, 0.15) is 36.3 Å². The van der Waals surface area contributed by atoms with Crippen LogP contribution in [0.2, 0.25) is 0 Å². The van der Waals surface area contributed by atoms with Gasteiger partial charge in [-0.05, 0) is 19.8 Å². The van der Waals surface area contributed by atoms with Crippen LogP contribution in [-0.4, -0.2) is 28.0 Å². The quantitative estimate of drug-likeness (QED) is 0.597. The van der Waals surface area contributed by atoms with Crippen molar-refractivity contribution in [2.75, 3.05) is 6.54 Å². The molecule has 98 valence electrons. The molecule has 1 aliphatic carbocycles. The SMILES string of the molecule is CC(CN)NC(=O)c1cc([N+](=O)[O-])cn1C1CC1. The van der Waals surface area contributed by atoms with Crippen molar-refractivity contribution in [3.8, 4) is 0 Å². The number of carbonyl (C=O) groups is 1. The van der Waals surface area contributed by atoms with Crippen molar-refractivity contribution in [2.45, 2.75) is 31.8 Å². The molecule has 7 heteroatoms. The van der Waals surface area contributed by atoms with E-state index in [0.717, 1.165) is 12.8 Å². The second-order valence-corrected chi connectivity index (χ2v) is 4.59. The molecule has 2 rings (SSSR count). The fraction of sp³-hybridized carbons (Fsp3) is 0.545. The standard InChI is InChI=1S/C11H16N4O3/c1-7(5-12)13-11(16)10-4-9(15(17)18)6-14(10)8-2-3-8/h4,6-8H,2-3,5,12H2,1H3,(H,13,16). The van der Waals surface area contributed by atoms with Gasteiger partial charge in [-0.3, -0.25) is 14.9 Å². The van der Waals surface area contributed by atoms with Gasteiger partial charge in [0.2, 0.25) is 0 Å². The number of rotatable bonds is 5. The zero-order valence-electron chi connectivity index (χ0n) is 10.1. The first-order valence-corrected chi connectivity index (χ1v) is 5.90. The molecule has 3 N–H and O–H groups in total. The smallest absolute Gasteiger partial charge is 0.287 e. The number of nitrogens with one attached hydrogen (secondary N) is 1. The molecule has 1 saturated carbocycles. The van der Waals surface area contributed by atoms with Gasteiger partial charge in [-0.15, -0.1) is 0 Å². The van der Waals surface area contributed by atoms with Gasteiger partial charge in [0.1, 0.15) is 5.69 Å². The van der Waals surface area contributed by atoms with E-state index in [9.17, 15) is 14.9 Å². The maximum absolute atomic E-state index is 12.0. The number of hydrogen-bond donors (Lipinski definition) is 2. The molecule has 1 aromatic heterocycles. The van der Waals surface area contributed by atoms with E-state index in [1.54, 1.807) is 11.5 Å². The summed E-state index contributed by atoms with van der Waals surface area (Å²) in [5, 5.41) is 13.5. The topological polar surface area (TPSA) is 103 Å². The summed E-state index contributed by atoms with van der Waals surface area (Å²) in [4.78, 5) is 22.3. The van der Waals surface area contributed by atoms with Crippen molar-refractivity contribution >= 4 is 11.6 Å². The Hall–Kier alpha value is -1.89. The van der Waals surface area contributed by atoms with Crippen LogP contribution < -0.4 is 11.1 Å². The molecule has 0 radical (unpaired) electrons. The lowest BCUT2D eigenvalue weighted by atomic mass is 10.3. The lowest BCUT2D eigenvalue weighted by Crippen LogP contribution is -2.38. The van der Waals surface area contributed by atoms with Crippen LogP contribution in [-0.2, 0) is 0 Å². The highest BCUT2D eigenvalue weighted by atomic mass is 16.6. The minimum Gasteiger partial charge on any atom is -0.347 e. The molecule has 1 aliphatic rings. The fourth-order valence-electron chi connectivity index (χ4n) is 1.76. The average molecular weight is 252 g/mol. The Balaban J connectivity index is 2.24. The van der Waals surface area contributed by atoms with Gasteiger partial charge in [-0.2, -0.15) is 0 Å². The third-order valence-electron chi connectivity index (χ3n) is 2.95. The van der Waals surface area contributed by atoms with E-state index in [-0.39, 0.29) is 23.7 Å². The van der Waals surface area contributed by atoms with Gasteiger partial charge in [-0.25, -0.2) is 0 Å². The second-order valence-electron chi connectivity index (χ2n) is 4.59. The number of carbonyl (C=O) groups excluding carboxylic acids is 1. The fourth-order valence-corrected chi connectivity index (χ4v) is 1.76. The Morgan fingerprint density at radius 1 is 1.72 bits per heavy atom. The molecule has 0 aliphatic heterocycles. The summed E-state index contributed by atoms with van der Waals surface area (Å²) in [7, 11) is 0. The molecule has 1 aromatic rings. The third-order valence-corrected chi connectivity index (χ3v) is 2.95. The average Bonchev–Trinajstić information content (AvgIpc) is 3.07. The van der Waals surface area contributed by atoms with Crippen LogP contribution in [0.15, 0.2) is 12.3 Å². The third kappa shape index (κ3) is 2.51. The first kappa shape index (κ1) is 12.6. The molecular formula is C11H16N4O3. The highest BCUT2D eigenvalue weighted by molar-refractivity contribution is 5.93. The first-order valence-electron chi connectivity index (χ1n) is 5.90. The van der Waals surface area contributed by atoms with E-state index in [1.807, 2.05) is 0 Å². The van der Waals surface area contributed by atoms with Gasteiger partial charge in [0.15, 0.2) is 0 Å². The Kier molecular flexibility index (Phi) is 3.33. The van der Waals surface area contributed by atoms with Crippen molar-refractivity contribution in [1.29, 1.82) is 0 Å². The summed E-state index contributed by atoms with van der Waals surface area (Å²) in [6, 6.07) is 1.38. The van der Waals surface area contributed by atoms with Crippen molar-refractivity contribution < 1.29 is 9.72 Å². The van der Waals surface area contributed by atoms with Crippen molar-refractivity contribution in [2.24, 2.45) is 5.73 Å². The van der Waals surface area contributed by atoms with Crippen LogP contribution in [0.5, 0.6) is 0 Å². The van der Waals surface area contributed by atoms with E-state index in [0.29, 0.717) is 12.2 Å². The molecule has 1 heterocycles. The first-order chi connectivity index (χ1) is 8.52. The van der Waals surface area contributed by atoms with E-state index in [2.05, 4.69) is 5.32 Å². The predicted octanol–water partition coefficient (Wildman–Crippen LogP) is 0.808. The van der Waals surface area contributed by atoms with Crippen LogP contribution in [0.3, 0.4) is 0 Å². The lowest BCUT2D eigenvalue weighted by Gasteiger charge is -2.12. The van der Waals surface area contributed by atoms with Crippen LogP contribution in [0.4, 0.5) is 5.69 Å². The molecular weight excluding hydrogens is 236 g/mol. The van der Waals surface area contributed by atoms with Crippen LogP contribution >= 0.6 is 0 Å². The summed E-state index contributed by atoms with van der Waals surface area (Å²) >= 11 is 0. The van der Waals surface area contributed by atoms with Gasteiger partial charge in [0.25, 0.3) is 11.6 Å². The Bertz CT molecular complexity index is 479. The van der Waals surface area contributed by atoms with Crippen LogP contribution in [0, 0.1) is 10.1 Å². The molecule has 1 amide bonds. The highest BCUT2D eigenvalue weighted by Crippen LogP contribution is 2.37. The molecule has 0 bridgehead atoms. The second kappa shape index (κ2) is 4.77. The zero-order valence-corrected chi connectivity index (χ0v) is 10.1. The monoisotopic (exact) mass is 252 g/mol. The van der Waals surface area contributed by atoms with Gasteiger partial charge in [-0.1, -0.05) is 0 Å². The Labute approximate surface area is 104 Å². The van der Waals surface area contributed by atoms with Crippen molar-refractivity contribution in [3.05, 3.63) is 28.1 Å². The number of nitrogens with two attached hydrogens (primary N) is 1. The summed E-state index contributed by atoms with van der Waals surface area (Å²) in [5.74, 6) is -0.312. The minimum atomic E-state index is -0.484. The number of aromatic nitrogens is 1. The lowest BCUT2D eigenvalue weighted by molar-refractivity contribution is -0.384. The van der Waals surface area contributed by atoms with Gasteiger partial charge < -0.3 is 15.6 Å². The Morgan fingerprint density at radius 3 is 2.89 bits per heavy atom. The maximum atomic E-state index is 12.0. The Morgan fingerprint density at radius 2 is 2.39 bits per heavy atom. The number of nitrogens with zero attached hydrogens (tertiary/aromatic N) is 2. The van der Waals surface area contributed by atoms with Crippen LogP contribution in [0.25, 0.3) is 0 Å². The van der Waals surface area contributed by atoms with E-state index < -0.39 is 4.92 Å². The number of amides is 1. The van der Waals surface area contributed by atoms with E-state index in [1.165, 1.54) is 12.3 Å². The summed E-state index contributed by atoms with van der Waals surface area (Å²) in [6.07, 6.45) is 3.34. The molecule has 0 spiro atoms. The zero-order chi connectivity index (χ0) is 13.3. The molecule has 0 aromatic carbocycles. The van der Waals surface area contributed by atoms with Crippen molar-refractivity contribution in [1.82, 2.24) is 9.88 Å². The highest BCUT2D eigenvalue weighted by Gasteiger charge is 2.30. The summed E-state index contributed by atoms with van der Waals surface area (Å²) < 4.78 is 1.69. The summed E-state index contributed by atoms with van der Waals surface area (Å²) in [6.45, 7) is 2.12. The largest absolute Gasteiger partial charge is 0.347 e. The van der Waals surface area contributed by atoms with Crippen molar-refractivity contribution in [3.63, 3.8) is 0 Å². The molecule has 7 nitrogen and oxygen atoms in total. The molecule has 18 heavy (non-hydrogen) atoms. The van der Waals surface area contributed by atoms with E-state index >= 15 is 0 Å². The summed E-state index contributed by atoms with van der Waals surface area (Å²) in [5.41, 5.74) is 5.72. The maximum Gasteiger partial charge on any atom is 0.287 e. The molecule has 1 atom stereocenters. The minimum absolute atomic E-state index is 0.0487.